The number of ketones is 2. The summed E-state index contributed by atoms with van der Waals surface area (Å²) in [6.45, 7) is 5.72. The minimum atomic E-state index is -1.06. The maximum absolute atomic E-state index is 15.0. The molecular formula is C29H20F4N2O2Pt. The maximum atomic E-state index is 15.0. The predicted octanol–water partition coefficient (Wildman–Crippen LogP) is 6.70. The molecule has 0 atom stereocenters. The summed E-state index contributed by atoms with van der Waals surface area (Å²) in [6, 6.07) is 16.4. The minimum Gasteiger partial charge on any atom is -0.300 e. The normalized spacial score (nSPS) is 11.2. The Balaban J connectivity index is 0.00000400. The molecule has 0 amide bonds. The van der Waals surface area contributed by atoms with Gasteiger partial charge in [-0.1, -0.05) is 35.4 Å². The fourth-order valence-corrected chi connectivity index (χ4v) is 4.00. The van der Waals surface area contributed by atoms with Crippen LogP contribution >= 0.6 is 0 Å². The van der Waals surface area contributed by atoms with E-state index >= 15 is 0 Å². The first-order chi connectivity index (χ1) is 17.4. The number of rotatable bonds is 6. The van der Waals surface area contributed by atoms with Gasteiger partial charge in [-0.3, -0.25) is 27.2 Å². The average molecular weight is 700 g/mol. The predicted molar refractivity (Wildman–Crippen MR) is 129 cm³/mol. The van der Waals surface area contributed by atoms with Gasteiger partial charge < -0.3 is 9.97 Å². The van der Waals surface area contributed by atoms with Gasteiger partial charge in [0.15, 0.2) is 0 Å². The zero-order chi connectivity index (χ0) is 27.1. The van der Waals surface area contributed by atoms with Crippen molar-refractivity contribution >= 4 is 11.6 Å². The molecule has 0 aliphatic rings. The second-order valence-corrected chi connectivity index (χ2v) is 8.95. The van der Waals surface area contributed by atoms with Crippen molar-refractivity contribution in [1.82, 2.24) is 9.97 Å². The molecule has 9 heteroatoms. The van der Waals surface area contributed by atoms with Gasteiger partial charge in [0.1, 0.15) is 11.6 Å². The summed E-state index contributed by atoms with van der Waals surface area (Å²) < 4.78 is 58.0. The van der Waals surface area contributed by atoms with Gasteiger partial charge in [0, 0.05) is 27.9 Å². The van der Waals surface area contributed by atoms with Crippen LogP contribution in [0.5, 0.6) is 0 Å². The number of aromatic nitrogens is 2. The van der Waals surface area contributed by atoms with Gasteiger partial charge in [0.25, 0.3) is 0 Å². The quantitative estimate of drug-likeness (QED) is 0.128. The van der Waals surface area contributed by atoms with E-state index in [0.29, 0.717) is 11.4 Å². The molecule has 4 rings (SSSR count). The van der Waals surface area contributed by atoms with Crippen molar-refractivity contribution in [2.75, 3.05) is 0 Å². The summed E-state index contributed by atoms with van der Waals surface area (Å²) in [5.74, 6) is -5.66. The molecule has 0 aliphatic heterocycles. The molecule has 4 nitrogen and oxygen atoms in total. The number of pyridine rings is 2. The van der Waals surface area contributed by atoms with Gasteiger partial charge >= 0.3 is 21.1 Å². The summed E-state index contributed by atoms with van der Waals surface area (Å²) >= 11 is 0. The molecule has 0 radical (unpaired) electrons. The Hall–Kier alpha value is -3.51. The molecule has 196 valence electrons. The molecule has 0 bridgehead atoms. The van der Waals surface area contributed by atoms with Crippen molar-refractivity contribution in [1.29, 1.82) is 0 Å². The summed E-state index contributed by atoms with van der Waals surface area (Å²) in [5.41, 5.74) is -1.40. The van der Waals surface area contributed by atoms with Crippen LogP contribution in [0.4, 0.5) is 17.6 Å². The van der Waals surface area contributed by atoms with Crippen LogP contribution in [0.2, 0.25) is 0 Å². The van der Waals surface area contributed by atoms with E-state index < -0.39 is 51.4 Å². The number of carbonyl (C=O) groups excluding carboxylic acids is 2. The zero-order valence-electron chi connectivity index (χ0n) is 20.7. The third kappa shape index (κ3) is 5.23. The van der Waals surface area contributed by atoms with Crippen LogP contribution in [0.15, 0.2) is 48.5 Å². The number of carbonyl (C=O) groups is 2. The fraction of sp³-hybridized carbons (Fsp3) is 0.172. The van der Waals surface area contributed by atoms with Crippen LogP contribution < -0.4 is 0 Å². The van der Waals surface area contributed by atoms with E-state index in [1.165, 1.54) is 12.1 Å². The summed E-state index contributed by atoms with van der Waals surface area (Å²) in [4.78, 5) is 32.5. The second kappa shape index (κ2) is 11.1. The van der Waals surface area contributed by atoms with E-state index in [4.69, 9.17) is 0 Å². The van der Waals surface area contributed by atoms with Crippen molar-refractivity contribution in [3.05, 3.63) is 106 Å². The molecule has 0 aliphatic carbocycles. The number of hydrogen-bond donors (Lipinski definition) is 0. The molecule has 0 fully saturated rings. The zero-order valence-corrected chi connectivity index (χ0v) is 22.9. The number of hydrogen-bond acceptors (Lipinski definition) is 4. The average Bonchev–Trinajstić information content (AvgIpc) is 2.84. The van der Waals surface area contributed by atoms with Gasteiger partial charge in [-0.15, -0.1) is 24.3 Å². The second-order valence-electron chi connectivity index (χ2n) is 8.95. The van der Waals surface area contributed by atoms with Crippen LogP contribution in [0.3, 0.4) is 0 Å². The first-order valence-corrected chi connectivity index (χ1v) is 11.2. The van der Waals surface area contributed by atoms with Crippen LogP contribution in [-0.2, 0) is 26.5 Å². The van der Waals surface area contributed by atoms with Crippen LogP contribution in [0.25, 0.3) is 22.5 Å². The topological polar surface area (TPSA) is 59.9 Å². The van der Waals surface area contributed by atoms with Gasteiger partial charge in [0.05, 0.1) is 23.3 Å². The van der Waals surface area contributed by atoms with E-state index in [1.807, 2.05) is 0 Å². The Bertz CT molecular complexity index is 1460. The van der Waals surface area contributed by atoms with Crippen molar-refractivity contribution < 1.29 is 48.2 Å². The summed E-state index contributed by atoms with van der Waals surface area (Å²) in [7, 11) is 0. The van der Waals surface area contributed by atoms with E-state index in [1.54, 1.807) is 38.1 Å². The van der Waals surface area contributed by atoms with Crippen LogP contribution in [0.1, 0.15) is 59.8 Å². The maximum Gasteiger partial charge on any atom is 2.00 e. The smallest absolute Gasteiger partial charge is 0.300 e. The van der Waals surface area contributed by atoms with Crippen molar-refractivity contribution in [3.8, 4) is 22.5 Å². The number of Topliss-reactive ketones (excluding diaryl/α,β-unsaturated/α-hetero) is 2. The fourth-order valence-electron chi connectivity index (χ4n) is 4.00. The number of nitrogens with zero attached hydrogens (tertiary/aromatic N) is 2. The molecule has 0 unspecified atom stereocenters. The Morgan fingerprint density at radius 2 is 1.08 bits per heavy atom. The number of benzene rings is 2. The Morgan fingerprint density at radius 3 is 1.42 bits per heavy atom. The molecule has 2 aromatic carbocycles. The van der Waals surface area contributed by atoms with E-state index in [2.05, 4.69) is 22.1 Å². The summed E-state index contributed by atoms with van der Waals surface area (Å²) in [6.07, 6.45) is 0. The van der Waals surface area contributed by atoms with E-state index in [0.717, 1.165) is 26.0 Å². The minimum absolute atomic E-state index is 0. The number of halogens is 4. The largest absolute Gasteiger partial charge is 2.00 e. The molecular weight excluding hydrogens is 679 g/mol. The Kier molecular flexibility index (Phi) is 8.47. The van der Waals surface area contributed by atoms with Gasteiger partial charge in [-0.05, 0) is 51.2 Å². The monoisotopic (exact) mass is 699 g/mol. The third-order valence-corrected chi connectivity index (χ3v) is 6.04. The SMILES string of the molecule is CC(=O)c1c(F)c[c-]c(-c2cccc(C(C)(C)c3cccc(-c4[c-]cc(F)c(C(C)=O)c4F)n3)n2)c1F.[Pt+2]. The van der Waals surface area contributed by atoms with Gasteiger partial charge in [-0.25, -0.2) is 0 Å². The Morgan fingerprint density at radius 1 is 0.711 bits per heavy atom. The molecule has 0 saturated heterocycles. The van der Waals surface area contributed by atoms with Crippen LogP contribution in [-0.4, -0.2) is 21.5 Å². The molecule has 2 aromatic heterocycles. The molecule has 38 heavy (non-hydrogen) atoms. The molecule has 0 spiro atoms. The molecule has 4 aromatic rings. The van der Waals surface area contributed by atoms with Gasteiger partial charge in [-0.2, -0.15) is 0 Å². The molecule has 0 N–H and O–H groups in total. The standard InChI is InChI=1S/C29H20F4N2O2.Pt/c1-15(36)25-19(30)13-11-17(27(25)32)21-7-5-9-23(34-21)29(3,4)24-10-6-8-22(35-24)18-12-14-20(31)26(16(2)37)28(18)33;/h5-10,13-14H,1-4H3;/q-2;+2. The van der Waals surface area contributed by atoms with E-state index in [-0.39, 0.29) is 43.6 Å². The van der Waals surface area contributed by atoms with Crippen molar-refractivity contribution in [2.45, 2.75) is 33.1 Å². The van der Waals surface area contributed by atoms with Gasteiger partial charge in [0.2, 0.25) is 0 Å². The Labute approximate surface area is 231 Å². The first-order valence-electron chi connectivity index (χ1n) is 11.2. The van der Waals surface area contributed by atoms with Crippen molar-refractivity contribution in [3.63, 3.8) is 0 Å². The molecule has 0 saturated carbocycles. The summed E-state index contributed by atoms with van der Waals surface area (Å²) in [5, 5.41) is 0. The van der Waals surface area contributed by atoms with Crippen LogP contribution in [0, 0.1) is 35.4 Å². The van der Waals surface area contributed by atoms with Crippen molar-refractivity contribution in [2.24, 2.45) is 0 Å². The first kappa shape index (κ1) is 29.1. The third-order valence-electron chi connectivity index (χ3n) is 6.04. The molecule has 2 heterocycles. The van der Waals surface area contributed by atoms with E-state index in [9.17, 15) is 27.2 Å².